The molecule has 2 N–H and O–H groups in total. The van der Waals surface area contributed by atoms with Gasteiger partial charge in [0.15, 0.2) is 5.54 Å². The summed E-state index contributed by atoms with van der Waals surface area (Å²) in [5.41, 5.74) is 4.33. The van der Waals surface area contributed by atoms with Gasteiger partial charge in [-0.1, -0.05) is 17.7 Å². The Balaban J connectivity index is 3.13. The van der Waals surface area contributed by atoms with Crippen LogP contribution in [-0.2, 0) is 4.79 Å². The van der Waals surface area contributed by atoms with Gasteiger partial charge in [-0.25, -0.2) is 0 Å². The Labute approximate surface area is 110 Å². The maximum Gasteiger partial charge on any atom is 0.415 e. The first-order chi connectivity index (χ1) is 8.48. The summed E-state index contributed by atoms with van der Waals surface area (Å²) in [5, 5.41) is 0. The SMILES string of the molecule is Cc1ccc(N(C)C(=O)C(C)(N)C(F)(F)F)c(C)c1. The second kappa shape index (κ2) is 4.85. The van der Waals surface area contributed by atoms with Crippen LogP contribution in [0.15, 0.2) is 18.2 Å². The lowest BCUT2D eigenvalue weighted by atomic mass is 10.0. The summed E-state index contributed by atoms with van der Waals surface area (Å²) in [7, 11) is 1.29. The quantitative estimate of drug-likeness (QED) is 0.900. The second-order valence-electron chi connectivity index (χ2n) is 4.85. The molecule has 0 aliphatic heterocycles. The van der Waals surface area contributed by atoms with E-state index in [4.69, 9.17) is 5.73 Å². The highest BCUT2D eigenvalue weighted by Crippen LogP contribution is 2.31. The van der Waals surface area contributed by atoms with Crippen molar-refractivity contribution in [2.24, 2.45) is 5.73 Å². The van der Waals surface area contributed by atoms with Gasteiger partial charge in [0.1, 0.15) is 0 Å². The molecule has 1 amide bonds. The first-order valence-corrected chi connectivity index (χ1v) is 5.69. The van der Waals surface area contributed by atoms with E-state index in [1.165, 1.54) is 7.05 Å². The molecule has 3 nitrogen and oxygen atoms in total. The fourth-order valence-electron chi connectivity index (χ4n) is 1.76. The summed E-state index contributed by atoms with van der Waals surface area (Å²) in [5.74, 6) is -1.19. The maximum atomic E-state index is 12.8. The molecular formula is C13H17F3N2O. The van der Waals surface area contributed by atoms with Crippen LogP contribution >= 0.6 is 0 Å². The number of rotatable bonds is 2. The van der Waals surface area contributed by atoms with E-state index in [-0.39, 0.29) is 0 Å². The summed E-state index contributed by atoms with van der Waals surface area (Å²) in [4.78, 5) is 12.9. The van der Waals surface area contributed by atoms with Crippen LogP contribution in [0, 0.1) is 13.8 Å². The Hall–Kier alpha value is -1.56. The molecule has 0 heterocycles. The molecule has 1 rings (SSSR count). The van der Waals surface area contributed by atoms with Crippen LogP contribution < -0.4 is 10.6 Å². The van der Waals surface area contributed by atoms with Gasteiger partial charge < -0.3 is 10.6 Å². The predicted molar refractivity (Wildman–Crippen MR) is 68.0 cm³/mol. The van der Waals surface area contributed by atoms with Crippen molar-refractivity contribution < 1.29 is 18.0 Å². The van der Waals surface area contributed by atoms with Crippen LogP contribution in [0.4, 0.5) is 18.9 Å². The lowest BCUT2D eigenvalue weighted by molar-refractivity contribution is -0.185. The van der Waals surface area contributed by atoms with Gasteiger partial charge in [-0.2, -0.15) is 13.2 Å². The Bertz CT molecular complexity index is 495. The van der Waals surface area contributed by atoms with Gasteiger partial charge in [0, 0.05) is 12.7 Å². The van der Waals surface area contributed by atoms with E-state index in [0.29, 0.717) is 18.2 Å². The molecule has 19 heavy (non-hydrogen) atoms. The largest absolute Gasteiger partial charge is 0.415 e. The summed E-state index contributed by atoms with van der Waals surface area (Å²) in [6, 6.07) is 5.13. The summed E-state index contributed by atoms with van der Waals surface area (Å²) in [6.45, 7) is 4.27. The van der Waals surface area contributed by atoms with Gasteiger partial charge >= 0.3 is 6.18 Å². The van der Waals surface area contributed by atoms with Crippen molar-refractivity contribution in [2.45, 2.75) is 32.5 Å². The average Bonchev–Trinajstić information content (AvgIpc) is 2.25. The zero-order valence-electron chi connectivity index (χ0n) is 11.3. The van der Waals surface area contributed by atoms with Crippen LogP contribution in [0.25, 0.3) is 0 Å². The van der Waals surface area contributed by atoms with E-state index in [0.717, 1.165) is 10.5 Å². The topological polar surface area (TPSA) is 46.3 Å². The number of nitrogens with two attached hydrogens (primary N) is 1. The highest BCUT2D eigenvalue weighted by atomic mass is 19.4. The van der Waals surface area contributed by atoms with Crippen molar-refractivity contribution in [1.29, 1.82) is 0 Å². The molecule has 1 unspecified atom stereocenters. The molecule has 0 aliphatic carbocycles. The predicted octanol–water partition coefficient (Wildman–Crippen LogP) is 2.55. The molecule has 0 saturated heterocycles. The van der Waals surface area contributed by atoms with Crippen LogP contribution in [0.1, 0.15) is 18.1 Å². The summed E-state index contributed by atoms with van der Waals surface area (Å²) >= 11 is 0. The third-order valence-electron chi connectivity index (χ3n) is 3.05. The average molecular weight is 274 g/mol. The lowest BCUT2D eigenvalue weighted by Gasteiger charge is -2.31. The van der Waals surface area contributed by atoms with E-state index < -0.39 is 17.6 Å². The molecule has 1 atom stereocenters. The fraction of sp³-hybridized carbons (Fsp3) is 0.462. The third-order valence-corrected chi connectivity index (χ3v) is 3.05. The number of amides is 1. The zero-order chi connectivity index (χ0) is 15.0. The number of hydrogen-bond donors (Lipinski definition) is 1. The number of aryl methyl sites for hydroxylation is 2. The van der Waals surface area contributed by atoms with Crippen molar-refractivity contribution >= 4 is 11.6 Å². The summed E-state index contributed by atoms with van der Waals surface area (Å²) in [6.07, 6.45) is -4.79. The van der Waals surface area contributed by atoms with Gasteiger partial charge in [0.2, 0.25) is 0 Å². The Morgan fingerprint density at radius 2 is 1.79 bits per heavy atom. The molecule has 0 saturated carbocycles. The van der Waals surface area contributed by atoms with E-state index in [1.54, 1.807) is 25.1 Å². The monoisotopic (exact) mass is 274 g/mol. The minimum Gasteiger partial charge on any atom is -0.313 e. The minimum absolute atomic E-state index is 0.413. The Morgan fingerprint density at radius 3 is 2.21 bits per heavy atom. The number of hydrogen-bond acceptors (Lipinski definition) is 2. The van der Waals surface area contributed by atoms with Crippen LogP contribution in [0.3, 0.4) is 0 Å². The number of alkyl halides is 3. The van der Waals surface area contributed by atoms with Crippen LogP contribution in [-0.4, -0.2) is 24.7 Å². The van der Waals surface area contributed by atoms with Crippen molar-refractivity contribution in [3.63, 3.8) is 0 Å². The van der Waals surface area contributed by atoms with Gasteiger partial charge in [-0.05, 0) is 32.4 Å². The van der Waals surface area contributed by atoms with Gasteiger partial charge in [0.25, 0.3) is 5.91 Å². The Kier molecular flexibility index (Phi) is 3.95. The lowest BCUT2D eigenvalue weighted by Crippen LogP contribution is -2.61. The van der Waals surface area contributed by atoms with Crippen molar-refractivity contribution in [1.82, 2.24) is 0 Å². The van der Waals surface area contributed by atoms with Crippen LogP contribution in [0.5, 0.6) is 0 Å². The maximum absolute atomic E-state index is 12.8. The summed E-state index contributed by atoms with van der Waals surface area (Å²) < 4.78 is 38.3. The molecule has 0 radical (unpaired) electrons. The molecule has 0 aliphatic rings. The second-order valence-corrected chi connectivity index (χ2v) is 4.85. The normalized spacial score (nSPS) is 14.9. The Morgan fingerprint density at radius 1 is 1.26 bits per heavy atom. The third kappa shape index (κ3) is 2.89. The number of nitrogens with zero attached hydrogens (tertiary/aromatic N) is 1. The number of benzene rings is 1. The smallest absolute Gasteiger partial charge is 0.313 e. The van der Waals surface area contributed by atoms with Crippen molar-refractivity contribution in [2.75, 3.05) is 11.9 Å². The first-order valence-electron chi connectivity index (χ1n) is 5.69. The number of anilines is 1. The van der Waals surface area contributed by atoms with E-state index in [9.17, 15) is 18.0 Å². The highest BCUT2D eigenvalue weighted by Gasteiger charge is 2.55. The molecule has 0 aromatic heterocycles. The standard InChI is InChI=1S/C13H17F3N2O/c1-8-5-6-10(9(2)7-8)18(4)11(19)12(3,17)13(14,15)16/h5-7H,17H2,1-4H3. The van der Waals surface area contributed by atoms with Crippen LogP contribution in [0.2, 0.25) is 0 Å². The number of carbonyl (C=O) groups is 1. The number of likely N-dealkylation sites (N-methyl/N-ethyl adjacent to an activating group) is 1. The molecular weight excluding hydrogens is 257 g/mol. The van der Waals surface area contributed by atoms with E-state index in [2.05, 4.69) is 0 Å². The minimum atomic E-state index is -4.79. The first kappa shape index (κ1) is 15.5. The molecule has 0 spiro atoms. The van der Waals surface area contributed by atoms with Gasteiger partial charge in [-0.3, -0.25) is 4.79 Å². The van der Waals surface area contributed by atoms with Gasteiger partial charge in [0.05, 0.1) is 0 Å². The number of halogens is 3. The van der Waals surface area contributed by atoms with E-state index in [1.807, 2.05) is 6.92 Å². The van der Waals surface area contributed by atoms with Crippen molar-refractivity contribution in [3.8, 4) is 0 Å². The molecule has 0 bridgehead atoms. The van der Waals surface area contributed by atoms with Crippen molar-refractivity contribution in [3.05, 3.63) is 29.3 Å². The fourth-order valence-corrected chi connectivity index (χ4v) is 1.76. The van der Waals surface area contributed by atoms with E-state index >= 15 is 0 Å². The zero-order valence-corrected chi connectivity index (χ0v) is 11.3. The molecule has 1 aromatic carbocycles. The number of carbonyl (C=O) groups excluding carboxylic acids is 1. The van der Waals surface area contributed by atoms with Gasteiger partial charge in [-0.15, -0.1) is 0 Å². The molecule has 0 fully saturated rings. The highest BCUT2D eigenvalue weighted by molar-refractivity contribution is 6.00. The molecule has 106 valence electrons. The molecule has 1 aromatic rings. The molecule has 6 heteroatoms.